The van der Waals surface area contributed by atoms with Crippen LogP contribution in [-0.4, -0.2) is 0 Å². The zero-order valence-electron chi connectivity index (χ0n) is 25.1. The van der Waals surface area contributed by atoms with Crippen molar-refractivity contribution in [2.75, 3.05) is 0 Å². The lowest BCUT2D eigenvalue weighted by Crippen LogP contribution is -1.85. The minimum absolute atomic E-state index is 0.667. The van der Waals surface area contributed by atoms with Crippen molar-refractivity contribution < 1.29 is 0 Å². The molecule has 0 aliphatic heterocycles. The number of benzene rings is 7. The van der Waals surface area contributed by atoms with E-state index in [-0.39, 0.29) is 0 Å². The first kappa shape index (κ1) is 28.3. The van der Waals surface area contributed by atoms with Gasteiger partial charge in [-0.15, -0.1) is 0 Å². The molecule has 7 aromatic rings. The van der Waals surface area contributed by atoms with E-state index in [1.54, 1.807) is 0 Å². The van der Waals surface area contributed by atoms with Gasteiger partial charge in [0.1, 0.15) is 0 Å². The number of hydrogen-bond acceptors (Lipinski definition) is 2. The maximum atomic E-state index is 9.09. The predicted molar refractivity (Wildman–Crippen MR) is 188 cm³/mol. The van der Waals surface area contributed by atoms with Gasteiger partial charge in [0.2, 0.25) is 0 Å². The normalized spacial score (nSPS) is 10.6. The number of rotatable bonds is 6. The molecule has 7 rings (SSSR count). The lowest BCUT2D eigenvalue weighted by molar-refractivity contribution is 1.48. The van der Waals surface area contributed by atoms with Gasteiger partial charge in [0.25, 0.3) is 0 Å². The van der Waals surface area contributed by atoms with Crippen molar-refractivity contribution in [3.8, 4) is 78.9 Å². The van der Waals surface area contributed by atoms with Crippen LogP contribution in [0.4, 0.5) is 0 Å². The van der Waals surface area contributed by atoms with Crippen LogP contribution in [0, 0.1) is 22.7 Å². The molecule has 0 amide bonds. The summed E-state index contributed by atoms with van der Waals surface area (Å²) in [5.74, 6) is 0. The number of hydrogen-bond donors (Lipinski definition) is 0. The Kier molecular flexibility index (Phi) is 7.77. The van der Waals surface area contributed by atoms with Gasteiger partial charge in [-0.05, 0) is 109 Å². The Bertz CT molecular complexity index is 2070. The average molecular weight is 585 g/mol. The Morgan fingerprint density at radius 2 is 0.435 bits per heavy atom. The zero-order valence-corrected chi connectivity index (χ0v) is 25.1. The SMILES string of the molecule is N#Cc1ccc(-c2ccc(-c3cccc(-c4cccc(-c5cccc(-c6ccc(-c7ccc(C#N)cc7)cc6)c5)c4)c3)cc2)cc1. The maximum absolute atomic E-state index is 9.09. The summed E-state index contributed by atoms with van der Waals surface area (Å²) in [6.07, 6.45) is 0. The maximum Gasteiger partial charge on any atom is 0.0991 e. The third kappa shape index (κ3) is 5.97. The van der Waals surface area contributed by atoms with E-state index in [0.717, 1.165) is 33.4 Å². The van der Waals surface area contributed by atoms with Gasteiger partial charge in [-0.1, -0.05) is 127 Å². The monoisotopic (exact) mass is 584 g/mol. The van der Waals surface area contributed by atoms with Crippen LogP contribution in [0.5, 0.6) is 0 Å². The molecule has 214 valence electrons. The van der Waals surface area contributed by atoms with Crippen molar-refractivity contribution in [2.45, 2.75) is 0 Å². The molecule has 0 atom stereocenters. The van der Waals surface area contributed by atoms with Crippen molar-refractivity contribution in [3.63, 3.8) is 0 Å². The number of nitrogens with zero attached hydrogens (tertiary/aromatic N) is 2. The summed E-state index contributed by atoms with van der Waals surface area (Å²) >= 11 is 0. The third-order valence-electron chi connectivity index (χ3n) is 8.39. The van der Waals surface area contributed by atoms with E-state index in [2.05, 4.69) is 133 Å². The standard InChI is InChI=1S/C44H28N2/c45-29-31-10-14-33(15-11-31)35-18-22-37(23-19-35)39-4-1-6-41(26-39)43-8-3-9-44(28-43)42-7-2-5-40(27-42)38-24-20-36(21-25-38)34-16-12-32(30-46)13-17-34/h1-28H. The van der Waals surface area contributed by atoms with Gasteiger partial charge in [-0.25, -0.2) is 0 Å². The smallest absolute Gasteiger partial charge is 0.0991 e. The van der Waals surface area contributed by atoms with Crippen molar-refractivity contribution in [1.82, 2.24) is 0 Å². The highest BCUT2D eigenvalue weighted by Crippen LogP contribution is 2.33. The number of nitriles is 2. The molecular weight excluding hydrogens is 556 g/mol. The summed E-state index contributed by atoms with van der Waals surface area (Å²) < 4.78 is 0. The fraction of sp³-hybridized carbons (Fsp3) is 0. The van der Waals surface area contributed by atoms with Crippen molar-refractivity contribution in [1.29, 1.82) is 10.5 Å². The van der Waals surface area contributed by atoms with Gasteiger partial charge in [0.05, 0.1) is 23.3 Å². The molecule has 0 saturated carbocycles. The summed E-state index contributed by atoms with van der Waals surface area (Å²) in [5.41, 5.74) is 15.1. The molecule has 0 unspecified atom stereocenters. The van der Waals surface area contributed by atoms with Gasteiger partial charge in [-0.2, -0.15) is 10.5 Å². The molecule has 0 radical (unpaired) electrons. The summed E-state index contributed by atoms with van der Waals surface area (Å²) in [5, 5.41) is 18.2. The second-order valence-corrected chi connectivity index (χ2v) is 11.3. The molecule has 2 nitrogen and oxygen atoms in total. The Morgan fingerprint density at radius 3 is 0.674 bits per heavy atom. The fourth-order valence-corrected chi connectivity index (χ4v) is 5.82. The van der Waals surface area contributed by atoms with Crippen LogP contribution in [0.3, 0.4) is 0 Å². The lowest BCUT2D eigenvalue weighted by Gasteiger charge is -2.11. The van der Waals surface area contributed by atoms with E-state index in [4.69, 9.17) is 10.5 Å². The van der Waals surface area contributed by atoms with E-state index in [9.17, 15) is 0 Å². The van der Waals surface area contributed by atoms with E-state index in [0.29, 0.717) is 11.1 Å². The summed E-state index contributed by atoms with van der Waals surface area (Å²) in [6.45, 7) is 0. The second kappa shape index (κ2) is 12.6. The highest BCUT2D eigenvalue weighted by atomic mass is 14.2. The average Bonchev–Trinajstić information content (AvgIpc) is 3.15. The predicted octanol–water partition coefficient (Wildman–Crippen LogP) is 11.4. The van der Waals surface area contributed by atoms with E-state index >= 15 is 0 Å². The molecule has 0 fully saturated rings. The van der Waals surface area contributed by atoms with Crippen molar-refractivity contribution in [2.24, 2.45) is 0 Å². The van der Waals surface area contributed by atoms with E-state index in [1.165, 1.54) is 33.4 Å². The van der Waals surface area contributed by atoms with Gasteiger partial charge in [0, 0.05) is 0 Å². The molecule has 0 bridgehead atoms. The minimum Gasteiger partial charge on any atom is -0.192 e. The Hall–Kier alpha value is -6.48. The van der Waals surface area contributed by atoms with Crippen molar-refractivity contribution >= 4 is 0 Å². The summed E-state index contributed by atoms with van der Waals surface area (Å²) in [7, 11) is 0. The van der Waals surface area contributed by atoms with Crippen molar-refractivity contribution in [3.05, 3.63) is 181 Å². The fourth-order valence-electron chi connectivity index (χ4n) is 5.82. The molecule has 7 aromatic carbocycles. The largest absolute Gasteiger partial charge is 0.192 e. The van der Waals surface area contributed by atoms with Crippen LogP contribution in [0.2, 0.25) is 0 Å². The van der Waals surface area contributed by atoms with Gasteiger partial charge < -0.3 is 0 Å². The molecule has 0 aliphatic rings. The second-order valence-electron chi connectivity index (χ2n) is 11.3. The topological polar surface area (TPSA) is 47.6 Å². The highest BCUT2D eigenvalue weighted by Gasteiger charge is 2.07. The van der Waals surface area contributed by atoms with Crippen LogP contribution in [0.1, 0.15) is 11.1 Å². The molecular formula is C44H28N2. The Labute approximate surface area is 269 Å². The van der Waals surface area contributed by atoms with Crippen LogP contribution >= 0.6 is 0 Å². The summed E-state index contributed by atoms with van der Waals surface area (Å²) in [6, 6.07) is 63.0. The molecule has 0 aliphatic carbocycles. The van der Waals surface area contributed by atoms with Crippen LogP contribution in [-0.2, 0) is 0 Å². The molecule has 0 saturated heterocycles. The van der Waals surface area contributed by atoms with Crippen LogP contribution < -0.4 is 0 Å². The molecule has 0 N–H and O–H groups in total. The minimum atomic E-state index is 0.667. The first-order valence-electron chi connectivity index (χ1n) is 15.2. The first-order chi connectivity index (χ1) is 22.7. The first-order valence-corrected chi connectivity index (χ1v) is 15.2. The van der Waals surface area contributed by atoms with Gasteiger partial charge in [-0.3, -0.25) is 0 Å². The van der Waals surface area contributed by atoms with Gasteiger partial charge >= 0.3 is 0 Å². The zero-order chi connectivity index (χ0) is 31.3. The molecule has 0 spiro atoms. The lowest BCUT2D eigenvalue weighted by atomic mass is 9.94. The quantitative estimate of drug-likeness (QED) is 0.195. The Morgan fingerprint density at radius 1 is 0.239 bits per heavy atom. The molecule has 46 heavy (non-hydrogen) atoms. The Balaban J connectivity index is 1.12. The van der Waals surface area contributed by atoms with E-state index in [1.807, 2.05) is 48.5 Å². The molecule has 0 aromatic heterocycles. The summed E-state index contributed by atoms with van der Waals surface area (Å²) in [4.78, 5) is 0. The molecule has 2 heteroatoms. The van der Waals surface area contributed by atoms with Gasteiger partial charge in [0.15, 0.2) is 0 Å². The van der Waals surface area contributed by atoms with E-state index < -0.39 is 0 Å². The molecule has 0 heterocycles. The van der Waals surface area contributed by atoms with Crippen LogP contribution in [0.25, 0.3) is 66.8 Å². The highest BCUT2D eigenvalue weighted by molar-refractivity contribution is 5.80. The third-order valence-corrected chi connectivity index (χ3v) is 8.39. The van der Waals surface area contributed by atoms with Crippen LogP contribution in [0.15, 0.2) is 170 Å².